The molecule has 0 radical (unpaired) electrons. The SMILES string of the molecule is O=C(c1ccoc1)N1CC[C@@H]2OCCN(CCN3CCCC3)[C@@H]2CC1. The fourth-order valence-electron chi connectivity index (χ4n) is 4.49. The molecule has 1 aromatic heterocycles. The zero-order valence-corrected chi connectivity index (χ0v) is 14.9. The summed E-state index contributed by atoms with van der Waals surface area (Å²) >= 11 is 0. The molecule has 6 nitrogen and oxygen atoms in total. The molecule has 3 aliphatic heterocycles. The van der Waals surface area contributed by atoms with Gasteiger partial charge in [-0.3, -0.25) is 9.69 Å². The van der Waals surface area contributed by atoms with Gasteiger partial charge in [0.15, 0.2) is 0 Å². The Balaban J connectivity index is 1.36. The molecule has 0 bridgehead atoms. The molecule has 1 aromatic rings. The summed E-state index contributed by atoms with van der Waals surface area (Å²) in [5.74, 6) is 0.0796. The van der Waals surface area contributed by atoms with Crippen molar-refractivity contribution in [3.05, 3.63) is 24.2 Å². The molecule has 1 amide bonds. The standard InChI is InChI=1S/C19H29N3O3/c23-19(16-5-13-24-15-16)22-8-3-17-18(4-9-22)25-14-12-21(17)11-10-20-6-1-2-7-20/h5,13,15,17-18H,1-4,6-12,14H2/t17-,18+/m1/s1. The second-order valence-corrected chi connectivity index (χ2v) is 7.44. The van der Waals surface area contributed by atoms with Gasteiger partial charge in [0, 0.05) is 38.8 Å². The Morgan fingerprint density at radius 1 is 1.08 bits per heavy atom. The van der Waals surface area contributed by atoms with Crippen LogP contribution in [0, 0.1) is 0 Å². The minimum absolute atomic E-state index is 0.0796. The van der Waals surface area contributed by atoms with Crippen LogP contribution in [0.2, 0.25) is 0 Å². The van der Waals surface area contributed by atoms with Crippen molar-refractivity contribution in [2.75, 3.05) is 52.4 Å². The molecular formula is C19H29N3O3. The highest BCUT2D eigenvalue weighted by Gasteiger charge is 2.35. The van der Waals surface area contributed by atoms with E-state index >= 15 is 0 Å². The van der Waals surface area contributed by atoms with Gasteiger partial charge in [-0.2, -0.15) is 0 Å². The zero-order chi connectivity index (χ0) is 17.1. The minimum Gasteiger partial charge on any atom is -0.472 e. The van der Waals surface area contributed by atoms with Crippen LogP contribution >= 0.6 is 0 Å². The molecular weight excluding hydrogens is 318 g/mol. The molecule has 3 saturated heterocycles. The van der Waals surface area contributed by atoms with Crippen LogP contribution in [0.1, 0.15) is 36.0 Å². The number of carbonyl (C=O) groups excluding carboxylic acids is 1. The molecule has 4 heterocycles. The van der Waals surface area contributed by atoms with Gasteiger partial charge in [0.2, 0.25) is 0 Å². The van der Waals surface area contributed by atoms with E-state index in [1.54, 1.807) is 18.6 Å². The molecule has 138 valence electrons. The first-order chi connectivity index (χ1) is 12.3. The average Bonchev–Trinajstić information content (AvgIpc) is 3.30. The summed E-state index contributed by atoms with van der Waals surface area (Å²) < 4.78 is 11.1. The summed E-state index contributed by atoms with van der Waals surface area (Å²) in [6.45, 7) is 8.21. The third-order valence-corrected chi connectivity index (χ3v) is 5.94. The Kier molecular flexibility index (Phi) is 5.39. The number of carbonyl (C=O) groups is 1. The molecule has 2 atom stereocenters. The Labute approximate surface area is 149 Å². The summed E-state index contributed by atoms with van der Waals surface area (Å²) in [5.41, 5.74) is 0.650. The van der Waals surface area contributed by atoms with Crippen molar-refractivity contribution >= 4 is 5.91 Å². The third kappa shape index (κ3) is 3.91. The number of hydrogen-bond donors (Lipinski definition) is 0. The van der Waals surface area contributed by atoms with Crippen LogP contribution in [-0.2, 0) is 4.74 Å². The smallest absolute Gasteiger partial charge is 0.257 e. The number of likely N-dealkylation sites (tertiary alicyclic amines) is 2. The van der Waals surface area contributed by atoms with E-state index in [4.69, 9.17) is 9.15 Å². The van der Waals surface area contributed by atoms with Gasteiger partial charge in [0.05, 0.1) is 24.5 Å². The van der Waals surface area contributed by atoms with Crippen LogP contribution in [0.25, 0.3) is 0 Å². The maximum absolute atomic E-state index is 12.6. The van der Waals surface area contributed by atoms with E-state index < -0.39 is 0 Å². The normalized spacial score (nSPS) is 28.7. The summed E-state index contributed by atoms with van der Waals surface area (Å²) in [6, 6.07) is 2.19. The van der Waals surface area contributed by atoms with Crippen molar-refractivity contribution in [3.8, 4) is 0 Å². The van der Waals surface area contributed by atoms with Gasteiger partial charge in [-0.05, 0) is 44.8 Å². The molecule has 0 N–H and O–H groups in total. The summed E-state index contributed by atoms with van der Waals surface area (Å²) in [4.78, 5) is 19.8. The van der Waals surface area contributed by atoms with Crippen molar-refractivity contribution in [2.24, 2.45) is 0 Å². The van der Waals surface area contributed by atoms with Crippen LogP contribution in [0.4, 0.5) is 0 Å². The first kappa shape index (κ1) is 17.1. The maximum Gasteiger partial charge on any atom is 0.257 e. The molecule has 6 heteroatoms. The van der Waals surface area contributed by atoms with Crippen molar-refractivity contribution < 1.29 is 13.9 Å². The van der Waals surface area contributed by atoms with Crippen LogP contribution in [0.5, 0.6) is 0 Å². The van der Waals surface area contributed by atoms with Gasteiger partial charge in [-0.15, -0.1) is 0 Å². The number of hydrogen-bond acceptors (Lipinski definition) is 5. The van der Waals surface area contributed by atoms with Crippen LogP contribution in [0.3, 0.4) is 0 Å². The number of rotatable bonds is 4. The molecule has 0 aliphatic carbocycles. The molecule has 0 saturated carbocycles. The highest BCUT2D eigenvalue weighted by molar-refractivity contribution is 5.93. The highest BCUT2D eigenvalue weighted by atomic mass is 16.5. The summed E-state index contributed by atoms with van der Waals surface area (Å²) in [6.07, 6.45) is 7.98. The fourth-order valence-corrected chi connectivity index (χ4v) is 4.49. The average molecular weight is 347 g/mol. The van der Waals surface area contributed by atoms with E-state index in [1.165, 1.54) is 32.5 Å². The first-order valence-corrected chi connectivity index (χ1v) is 9.71. The number of fused-ring (bicyclic) bond motifs is 1. The van der Waals surface area contributed by atoms with Crippen molar-refractivity contribution in [2.45, 2.75) is 37.8 Å². The first-order valence-electron chi connectivity index (χ1n) is 9.71. The lowest BCUT2D eigenvalue weighted by Gasteiger charge is -2.41. The number of morpholine rings is 1. The van der Waals surface area contributed by atoms with Gasteiger partial charge in [-0.1, -0.05) is 0 Å². The lowest BCUT2D eigenvalue weighted by atomic mass is 10.0. The Bertz CT molecular complexity index is 556. The number of amides is 1. The van der Waals surface area contributed by atoms with Gasteiger partial charge >= 0.3 is 0 Å². The second-order valence-electron chi connectivity index (χ2n) is 7.44. The second kappa shape index (κ2) is 7.89. The van der Waals surface area contributed by atoms with Crippen molar-refractivity contribution in [1.82, 2.24) is 14.7 Å². The van der Waals surface area contributed by atoms with Gasteiger partial charge < -0.3 is 19.0 Å². The lowest BCUT2D eigenvalue weighted by Crippen LogP contribution is -2.53. The number of ether oxygens (including phenoxy) is 1. The Hall–Kier alpha value is -1.37. The predicted molar refractivity (Wildman–Crippen MR) is 94.6 cm³/mol. The van der Waals surface area contributed by atoms with Gasteiger partial charge in [0.1, 0.15) is 6.26 Å². The molecule has 4 rings (SSSR count). The number of nitrogens with zero attached hydrogens (tertiary/aromatic N) is 3. The Morgan fingerprint density at radius 3 is 2.72 bits per heavy atom. The van der Waals surface area contributed by atoms with Crippen LogP contribution in [0.15, 0.2) is 23.0 Å². The quantitative estimate of drug-likeness (QED) is 0.829. The zero-order valence-electron chi connectivity index (χ0n) is 14.9. The summed E-state index contributed by atoms with van der Waals surface area (Å²) in [7, 11) is 0. The lowest BCUT2D eigenvalue weighted by molar-refractivity contribution is -0.0727. The topological polar surface area (TPSA) is 49.2 Å². The van der Waals surface area contributed by atoms with Crippen molar-refractivity contribution in [1.29, 1.82) is 0 Å². The molecule has 3 fully saturated rings. The van der Waals surface area contributed by atoms with E-state index in [-0.39, 0.29) is 12.0 Å². The van der Waals surface area contributed by atoms with Gasteiger partial charge in [-0.25, -0.2) is 0 Å². The highest BCUT2D eigenvalue weighted by Crippen LogP contribution is 2.25. The van der Waals surface area contributed by atoms with Crippen molar-refractivity contribution in [3.63, 3.8) is 0 Å². The van der Waals surface area contributed by atoms with E-state index in [2.05, 4.69) is 9.80 Å². The molecule has 0 aromatic carbocycles. The van der Waals surface area contributed by atoms with E-state index in [9.17, 15) is 4.79 Å². The number of furan rings is 1. The van der Waals surface area contributed by atoms with E-state index in [0.717, 1.165) is 45.6 Å². The minimum atomic E-state index is 0.0796. The van der Waals surface area contributed by atoms with Crippen LogP contribution in [-0.4, -0.2) is 85.2 Å². The third-order valence-electron chi connectivity index (χ3n) is 5.94. The van der Waals surface area contributed by atoms with E-state index in [1.807, 2.05) is 4.90 Å². The summed E-state index contributed by atoms with van der Waals surface area (Å²) in [5, 5.41) is 0. The van der Waals surface area contributed by atoms with Crippen LogP contribution < -0.4 is 0 Å². The molecule has 25 heavy (non-hydrogen) atoms. The van der Waals surface area contributed by atoms with Gasteiger partial charge in [0.25, 0.3) is 5.91 Å². The molecule has 0 unspecified atom stereocenters. The largest absolute Gasteiger partial charge is 0.472 e. The maximum atomic E-state index is 12.6. The fraction of sp³-hybridized carbons (Fsp3) is 0.737. The monoisotopic (exact) mass is 347 g/mol. The van der Waals surface area contributed by atoms with E-state index in [0.29, 0.717) is 11.6 Å². The Morgan fingerprint density at radius 2 is 1.92 bits per heavy atom. The molecule has 0 spiro atoms. The molecule has 3 aliphatic rings. The predicted octanol–water partition coefficient (Wildman–Crippen LogP) is 1.68.